The molecule has 0 spiro atoms. The molecule has 1 rings (SSSR count). The van der Waals surface area contributed by atoms with Crippen molar-refractivity contribution in [3.8, 4) is 5.75 Å². The normalized spacial score (nSPS) is 9.94. The third-order valence-corrected chi connectivity index (χ3v) is 2.08. The molecule has 0 heterocycles. The van der Waals surface area contributed by atoms with Gasteiger partial charge >= 0.3 is 0 Å². The summed E-state index contributed by atoms with van der Waals surface area (Å²) in [6, 6.07) is 1.69. The standard InChI is InChI=1S/C12H13F2NO3/c1-2-3-15-11(17)7-18-12-9(13)4-8(6-16)5-10(12)14/h4-6H,2-3,7H2,1H3,(H,15,17). The van der Waals surface area contributed by atoms with E-state index in [0.29, 0.717) is 12.8 Å². The summed E-state index contributed by atoms with van der Waals surface area (Å²) in [5.74, 6) is -3.15. The molecular formula is C12H13F2NO3. The summed E-state index contributed by atoms with van der Waals surface area (Å²) in [6.07, 6.45) is 1.08. The number of benzene rings is 1. The molecule has 1 aromatic carbocycles. The molecule has 1 N–H and O–H groups in total. The maximum atomic E-state index is 13.3. The Morgan fingerprint density at radius 2 is 2.00 bits per heavy atom. The van der Waals surface area contributed by atoms with Gasteiger partial charge in [-0.25, -0.2) is 8.78 Å². The van der Waals surface area contributed by atoms with E-state index in [-0.39, 0.29) is 5.56 Å². The van der Waals surface area contributed by atoms with Gasteiger partial charge in [0.2, 0.25) is 0 Å². The number of ether oxygens (including phenoxy) is 1. The van der Waals surface area contributed by atoms with Gasteiger partial charge in [0.15, 0.2) is 24.0 Å². The van der Waals surface area contributed by atoms with Crippen LogP contribution in [0.3, 0.4) is 0 Å². The van der Waals surface area contributed by atoms with Gasteiger partial charge < -0.3 is 10.1 Å². The quantitative estimate of drug-likeness (QED) is 0.789. The Morgan fingerprint density at radius 1 is 1.39 bits per heavy atom. The third kappa shape index (κ3) is 3.80. The van der Waals surface area contributed by atoms with Crippen molar-refractivity contribution in [2.24, 2.45) is 0 Å². The molecule has 18 heavy (non-hydrogen) atoms. The van der Waals surface area contributed by atoms with Crippen molar-refractivity contribution in [1.29, 1.82) is 0 Å². The third-order valence-electron chi connectivity index (χ3n) is 2.08. The molecule has 0 aliphatic heterocycles. The molecule has 0 unspecified atom stereocenters. The molecule has 6 heteroatoms. The molecule has 0 saturated carbocycles. The minimum atomic E-state index is -1.01. The van der Waals surface area contributed by atoms with Crippen LogP contribution < -0.4 is 10.1 Å². The number of carbonyl (C=O) groups is 2. The molecule has 0 atom stereocenters. The SMILES string of the molecule is CCCNC(=O)COc1c(F)cc(C=O)cc1F. The molecule has 0 fully saturated rings. The summed E-state index contributed by atoms with van der Waals surface area (Å²) in [5, 5.41) is 2.50. The Kier molecular flexibility index (Phi) is 5.23. The van der Waals surface area contributed by atoms with Gasteiger partial charge in [0, 0.05) is 12.1 Å². The van der Waals surface area contributed by atoms with E-state index in [4.69, 9.17) is 4.74 Å². The van der Waals surface area contributed by atoms with Crippen molar-refractivity contribution < 1.29 is 23.1 Å². The highest BCUT2D eigenvalue weighted by molar-refractivity contribution is 5.77. The van der Waals surface area contributed by atoms with E-state index in [1.54, 1.807) is 0 Å². The molecule has 0 saturated heterocycles. The van der Waals surface area contributed by atoms with Gasteiger partial charge in [-0.05, 0) is 18.6 Å². The van der Waals surface area contributed by atoms with Crippen molar-refractivity contribution in [1.82, 2.24) is 5.32 Å². The zero-order valence-electron chi connectivity index (χ0n) is 9.83. The van der Waals surface area contributed by atoms with E-state index in [1.807, 2.05) is 6.92 Å². The lowest BCUT2D eigenvalue weighted by Gasteiger charge is -2.08. The van der Waals surface area contributed by atoms with Crippen LogP contribution in [-0.4, -0.2) is 25.3 Å². The van der Waals surface area contributed by atoms with E-state index in [0.717, 1.165) is 18.6 Å². The molecular weight excluding hydrogens is 244 g/mol. The minimum Gasteiger partial charge on any atom is -0.478 e. The lowest BCUT2D eigenvalue weighted by molar-refractivity contribution is -0.123. The number of amides is 1. The van der Waals surface area contributed by atoms with Gasteiger partial charge in [-0.1, -0.05) is 6.92 Å². The topological polar surface area (TPSA) is 55.4 Å². The number of carbonyl (C=O) groups excluding carboxylic acids is 2. The monoisotopic (exact) mass is 257 g/mol. The predicted molar refractivity (Wildman–Crippen MR) is 60.5 cm³/mol. The number of hydrogen-bond acceptors (Lipinski definition) is 3. The van der Waals surface area contributed by atoms with Crippen LogP contribution in [0.5, 0.6) is 5.75 Å². The van der Waals surface area contributed by atoms with E-state index in [1.165, 1.54) is 0 Å². The fraction of sp³-hybridized carbons (Fsp3) is 0.333. The first-order valence-corrected chi connectivity index (χ1v) is 5.42. The fourth-order valence-corrected chi connectivity index (χ4v) is 1.24. The highest BCUT2D eigenvalue weighted by atomic mass is 19.1. The van der Waals surface area contributed by atoms with Crippen LogP contribution in [0, 0.1) is 11.6 Å². The zero-order chi connectivity index (χ0) is 13.5. The lowest BCUT2D eigenvalue weighted by Crippen LogP contribution is -2.29. The van der Waals surface area contributed by atoms with Gasteiger partial charge in [0.25, 0.3) is 5.91 Å². The smallest absolute Gasteiger partial charge is 0.257 e. The number of rotatable bonds is 6. The molecule has 0 aromatic heterocycles. The van der Waals surface area contributed by atoms with Crippen LogP contribution in [0.1, 0.15) is 23.7 Å². The molecule has 1 amide bonds. The second-order valence-electron chi connectivity index (χ2n) is 3.57. The van der Waals surface area contributed by atoms with Crippen LogP contribution in [0.25, 0.3) is 0 Å². The predicted octanol–water partition coefficient (Wildman–Crippen LogP) is 1.68. The summed E-state index contributed by atoms with van der Waals surface area (Å²) in [4.78, 5) is 21.6. The van der Waals surface area contributed by atoms with Crippen LogP contribution in [0.4, 0.5) is 8.78 Å². The molecule has 1 aromatic rings. The fourth-order valence-electron chi connectivity index (χ4n) is 1.24. The van der Waals surface area contributed by atoms with Crippen molar-refractivity contribution in [2.45, 2.75) is 13.3 Å². The number of halogens is 2. The van der Waals surface area contributed by atoms with Crippen molar-refractivity contribution >= 4 is 12.2 Å². The summed E-state index contributed by atoms with van der Waals surface area (Å²) < 4.78 is 31.4. The van der Waals surface area contributed by atoms with Crippen molar-refractivity contribution in [3.05, 3.63) is 29.3 Å². The molecule has 98 valence electrons. The van der Waals surface area contributed by atoms with E-state index in [9.17, 15) is 18.4 Å². The van der Waals surface area contributed by atoms with Crippen molar-refractivity contribution in [3.63, 3.8) is 0 Å². The first-order valence-electron chi connectivity index (χ1n) is 5.42. The van der Waals surface area contributed by atoms with Crippen molar-refractivity contribution in [2.75, 3.05) is 13.2 Å². The highest BCUT2D eigenvalue weighted by Crippen LogP contribution is 2.22. The number of nitrogens with one attached hydrogen (secondary N) is 1. The summed E-state index contributed by atoms with van der Waals surface area (Å²) >= 11 is 0. The number of aldehydes is 1. The summed E-state index contributed by atoms with van der Waals surface area (Å²) in [7, 11) is 0. The van der Waals surface area contributed by atoms with E-state index in [2.05, 4.69) is 5.32 Å². The maximum Gasteiger partial charge on any atom is 0.257 e. The molecule has 0 aliphatic rings. The zero-order valence-corrected chi connectivity index (χ0v) is 9.83. The maximum absolute atomic E-state index is 13.3. The van der Waals surface area contributed by atoms with Gasteiger partial charge in [-0.3, -0.25) is 9.59 Å². The first-order chi connectivity index (χ1) is 8.58. The molecule has 0 aliphatic carbocycles. The van der Waals surface area contributed by atoms with Gasteiger partial charge in [-0.15, -0.1) is 0 Å². The van der Waals surface area contributed by atoms with E-state index < -0.39 is 29.9 Å². The lowest BCUT2D eigenvalue weighted by atomic mass is 10.2. The average Bonchev–Trinajstić information content (AvgIpc) is 2.34. The van der Waals surface area contributed by atoms with Gasteiger partial charge in [0.1, 0.15) is 6.29 Å². The number of hydrogen-bond donors (Lipinski definition) is 1. The average molecular weight is 257 g/mol. The largest absolute Gasteiger partial charge is 0.478 e. The van der Waals surface area contributed by atoms with Crippen LogP contribution in [-0.2, 0) is 4.79 Å². The minimum absolute atomic E-state index is 0.132. The Hall–Kier alpha value is -1.98. The van der Waals surface area contributed by atoms with Crippen LogP contribution >= 0.6 is 0 Å². The van der Waals surface area contributed by atoms with Gasteiger partial charge in [-0.2, -0.15) is 0 Å². The highest BCUT2D eigenvalue weighted by Gasteiger charge is 2.13. The second-order valence-corrected chi connectivity index (χ2v) is 3.57. The van der Waals surface area contributed by atoms with Gasteiger partial charge in [0.05, 0.1) is 0 Å². The summed E-state index contributed by atoms with van der Waals surface area (Å²) in [5.41, 5.74) is -0.132. The molecule has 4 nitrogen and oxygen atoms in total. The Labute approximate surface area is 103 Å². The first kappa shape index (κ1) is 14.1. The van der Waals surface area contributed by atoms with Crippen LogP contribution in [0.15, 0.2) is 12.1 Å². The Morgan fingerprint density at radius 3 is 2.50 bits per heavy atom. The Bertz CT molecular complexity index is 426. The van der Waals surface area contributed by atoms with Crippen LogP contribution in [0.2, 0.25) is 0 Å². The Balaban J connectivity index is 2.67. The molecule has 0 bridgehead atoms. The second kappa shape index (κ2) is 6.68. The summed E-state index contributed by atoms with van der Waals surface area (Å²) in [6.45, 7) is 1.87. The van der Waals surface area contributed by atoms with E-state index >= 15 is 0 Å². The molecule has 0 radical (unpaired) electrons.